The molecule has 0 heterocycles. The molecule has 0 heteroatoms. The second kappa shape index (κ2) is 9.55. The zero-order valence-electron chi connectivity index (χ0n) is 10.8. The van der Waals surface area contributed by atoms with Gasteiger partial charge in [0, 0.05) is 0 Å². The molecule has 0 amide bonds. The average molecular weight is 198 g/mol. The van der Waals surface area contributed by atoms with Gasteiger partial charge in [-0.05, 0) is 11.8 Å². The fourth-order valence-electron chi connectivity index (χ4n) is 2.42. The second-order valence-corrected chi connectivity index (χ2v) is 4.78. The predicted molar refractivity (Wildman–Crippen MR) is 66.6 cm³/mol. The summed E-state index contributed by atoms with van der Waals surface area (Å²) in [5.74, 6) is 1.94. The summed E-state index contributed by atoms with van der Waals surface area (Å²) in [4.78, 5) is 0. The molecule has 0 saturated heterocycles. The number of hydrogen-bond acceptors (Lipinski definition) is 0. The van der Waals surface area contributed by atoms with Crippen LogP contribution in [0.3, 0.4) is 0 Å². The van der Waals surface area contributed by atoms with Crippen LogP contribution in [0.5, 0.6) is 0 Å². The van der Waals surface area contributed by atoms with Crippen LogP contribution in [-0.4, -0.2) is 0 Å². The smallest absolute Gasteiger partial charge is 0.0391 e. The van der Waals surface area contributed by atoms with Crippen LogP contribution in [0.25, 0.3) is 0 Å². The van der Waals surface area contributed by atoms with Crippen molar-refractivity contribution in [2.45, 2.75) is 79.1 Å². The van der Waals surface area contributed by atoms with E-state index >= 15 is 0 Å². The lowest BCUT2D eigenvalue weighted by Crippen LogP contribution is -2.10. The van der Waals surface area contributed by atoms with E-state index in [1.807, 2.05) is 0 Å². The summed E-state index contributed by atoms with van der Waals surface area (Å²) >= 11 is 0. The first-order valence-corrected chi connectivity index (χ1v) is 6.76. The van der Waals surface area contributed by atoms with E-state index in [1.165, 1.54) is 51.4 Å². The summed E-state index contributed by atoms with van der Waals surface area (Å²) < 4.78 is 0. The molecule has 2 unspecified atom stereocenters. The van der Waals surface area contributed by atoms with Crippen LogP contribution in [0, 0.1) is 11.8 Å². The van der Waals surface area contributed by atoms with Crippen LogP contribution in [0.4, 0.5) is 0 Å². The van der Waals surface area contributed by atoms with E-state index in [9.17, 15) is 0 Å². The number of unbranched alkanes of at least 4 members (excludes halogenated alkanes) is 3. The highest BCUT2D eigenvalue weighted by Gasteiger charge is 2.13. The van der Waals surface area contributed by atoms with E-state index in [0.29, 0.717) is 0 Å². The Morgan fingerprint density at radius 3 is 2.00 bits per heavy atom. The zero-order valence-corrected chi connectivity index (χ0v) is 10.8. The number of hydrogen-bond donors (Lipinski definition) is 0. The molecular weight excluding hydrogens is 168 g/mol. The van der Waals surface area contributed by atoms with Crippen molar-refractivity contribution in [1.29, 1.82) is 0 Å². The Bertz CT molecular complexity index is 107. The van der Waals surface area contributed by atoms with Crippen molar-refractivity contribution in [3.8, 4) is 0 Å². The fourth-order valence-corrected chi connectivity index (χ4v) is 2.42. The van der Waals surface area contributed by atoms with Gasteiger partial charge >= 0.3 is 0 Å². The first kappa shape index (κ1) is 14.0. The molecule has 0 saturated carbocycles. The summed E-state index contributed by atoms with van der Waals surface area (Å²) in [6.07, 6.45) is 11.3. The molecule has 0 aromatic carbocycles. The van der Waals surface area contributed by atoms with Gasteiger partial charge in [-0.2, -0.15) is 0 Å². The van der Waals surface area contributed by atoms with Gasteiger partial charge in [-0.3, -0.25) is 0 Å². The lowest BCUT2D eigenvalue weighted by Gasteiger charge is -2.22. The number of rotatable bonds is 9. The minimum atomic E-state index is 0.951. The summed E-state index contributed by atoms with van der Waals surface area (Å²) in [5, 5.41) is 0. The minimum absolute atomic E-state index is 0.951. The van der Waals surface area contributed by atoms with Gasteiger partial charge in [-0.25, -0.2) is 0 Å². The van der Waals surface area contributed by atoms with E-state index < -0.39 is 0 Å². The lowest BCUT2D eigenvalue weighted by molar-refractivity contribution is 0.297. The van der Waals surface area contributed by atoms with E-state index in [2.05, 4.69) is 27.7 Å². The summed E-state index contributed by atoms with van der Waals surface area (Å²) in [5.41, 5.74) is 0. The topological polar surface area (TPSA) is 0 Å². The van der Waals surface area contributed by atoms with Gasteiger partial charge in [0.25, 0.3) is 0 Å². The molecule has 0 fully saturated rings. The van der Waals surface area contributed by atoms with Crippen molar-refractivity contribution in [3.05, 3.63) is 0 Å². The Morgan fingerprint density at radius 2 is 1.50 bits per heavy atom. The van der Waals surface area contributed by atoms with Gasteiger partial charge in [0.05, 0.1) is 0 Å². The first-order chi connectivity index (χ1) is 6.76. The van der Waals surface area contributed by atoms with Gasteiger partial charge in [-0.15, -0.1) is 0 Å². The highest BCUT2D eigenvalue weighted by atomic mass is 14.2. The van der Waals surface area contributed by atoms with Crippen LogP contribution in [0.15, 0.2) is 0 Å². The van der Waals surface area contributed by atoms with Crippen LogP contribution in [0.2, 0.25) is 0 Å². The van der Waals surface area contributed by atoms with E-state index in [1.54, 1.807) is 0 Å². The third-order valence-corrected chi connectivity index (χ3v) is 3.50. The molecule has 0 N–H and O–H groups in total. The highest BCUT2D eigenvalue weighted by Crippen LogP contribution is 2.25. The maximum absolute atomic E-state index is 2.44. The van der Waals surface area contributed by atoms with Gasteiger partial charge in [0.15, 0.2) is 0 Å². The SMILES string of the molecule is CCCCCCC(CC)C(C)CCC. The molecule has 0 aliphatic carbocycles. The quantitative estimate of drug-likeness (QED) is 0.434. The van der Waals surface area contributed by atoms with Crippen molar-refractivity contribution in [1.82, 2.24) is 0 Å². The van der Waals surface area contributed by atoms with Crippen molar-refractivity contribution >= 4 is 0 Å². The molecular formula is C14H30. The summed E-state index contributed by atoms with van der Waals surface area (Å²) in [7, 11) is 0. The molecule has 86 valence electrons. The van der Waals surface area contributed by atoms with Gasteiger partial charge in [0.1, 0.15) is 0 Å². The van der Waals surface area contributed by atoms with Crippen LogP contribution in [0.1, 0.15) is 79.1 Å². The Hall–Kier alpha value is 0. The zero-order chi connectivity index (χ0) is 10.8. The normalized spacial score (nSPS) is 15.4. The molecule has 0 aliphatic heterocycles. The summed E-state index contributed by atoms with van der Waals surface area (Å²) in [6, 6.07) is 0. The molecule has 0 rings (SSSR count). The first-order valence-electron chi connectivity index (χ1n) is 6.76. The maximum Gasteiger partial charge on any atom is -0.0391 e. The Kier molecular flexibility index (Phi) is 9.55. The van der Waals surface area contributed by atoms with E-state index in [4.69, 9.17) is 0 Å². The van der Waals surface area contributed by atoms with E-state index in [-0.39, 0.29) is 0 Å². The molecule has 0 spiro atoms. The third kappa shape index (κ3) is 6.45. The molecule has 0 aromatic heterocycles. The maximum atomic E-state index is 2.44. The van der Waals surface area contributed by atoms with Crippen molar-refractivity contribution < 1.29 is 0 Å². The summed E-state index contributed by atoms with van der Waals surface area (Å²) in [6.45, 7) is 9.39. The average Bonchev–Trinajstić information content (AvgIpc) is 2.18. The second-order valence-electron chi connectivity index (χ2n) is 4.78. The molecule has 0 aliphatic rings. The molecule has 0 radical (unpaired) electrons. The van der Waals surface area contributed by atoms with E-state index in [0.717, 1.165) is 11.8 Å². The predicted octanol–water partition coefficient (Wildman–Crippen LogP) is 5.42. The van der Waals surface area contributed by atoms with Gasteiger partial charge < -0.3 is 0 Å². The van der Waals surface area contributed by atoms with Crippen LogP contribution >= 0.6 is 0 Å². The largest absolute Gasteiger partial charge is 0.0654 e. The van der Waals surface area contributed by atoms with Crippen molar-refractivity contribution in [3.63, 3.8) is 0 Å². The molecule has 0 nitrogen and oxygen atoms in total. The van der Waals surface area contributed by atoms with Gasteiger partial charge in [0.2, 0.25) is 0 Å². The monoisotopic (exact) mass is 198 g/mol. The van der Waals surface area contributed by atoms with Crippen molar-refractivity contribution in [2.75, 3.05) is 0 Å². The molecule has 2 atom stereocenters. The van der Waals surface area contributed by atoms with Gasteiger partial charge in [-0.1, -0.05) is 79.1 Å². The lowest BCUT2D eigenvalue weighted by atomic mass is 9.84. The minimum Gasteiger partial charge on any atom is -0.0654 e. The Labute approximate surface area is 91.5 Å². The Morgan fingerprint density at radius 1 is 0.786 bits per heavy atom. The standard InChI is InChI=1S/C14H30/c1-5-8-9-10-12-14(7-3)13(4)11-6-2/h13-14H,5-12H2,1-4H3. The fraction of sp³-hybridized carbons (Fsp3) is 1.00. The third-order valence-electron chi connectivity index (χ3n) is 3.50. The highest BCUT2D eigenvalue weighted by molar-refractivity contribution is 4.65. The van der Waals surface area contributed by atoms with Crippen molar-refractivity contribution in [2.24, 2.45) is 11.8 Å². The molecule has 0 bridgehead atoms. The van der Waals surface area contributed by atoms with Crippen LogP contribution < -0.4 is 0 Å². The molecule has 14 heavy (non-hydrogen) atoms. The molecule has 0 aromatic rings. The van der Waals surface area contributed by atoms with Crippen LogP contribution in [-0.2, 0) is 0 Å². The Balaban J connectivity index is 3.56.